The summed E-state index contributed by atoms with van der Waals surface area (Å²) in [6.07, 6.45) is 2.04. The molecule has 3 aromatic rings. The lowest BCUT2D eigenvalue weighted by Crippen LogP contribution is -2.08. The number of halogens is 1. The molecule has 25 heavy (non-hydrogen) atoms. The van der Waals surface area contributed by atoms with E-state index in [9.17, 15) is 19.4 Å². The minimum atomic E-state index is -0.814. The first-order chi connectivity index (χ1) is 12.0. The molecule has 2 N–H and O–H groups in total. The fourth-order valence-electron chi connectivity index (χ4n) is 2.57. The van der Waals surface area contributed by atoms with Crippen LogP contribution in [0.5, 0.6) is 5.75 Å². The monoisotopic (exact) mass is 342 g/mol. The Hall–Kier alpha value is -3.06. The fourth-order valence-corrected chi connectivity index (χ4v) is 2.57. The minimum Gasteiger partial charge on any atom is -0.504 e. The number of aliphatic hydroxyl groups is 1. The van der Waals surface area contributed by atoms with Crippen LogP contribution >= 0.6 is 0 Å². The number of carbonyl (C=O) groups excluding carboxylic acids is 1. The second-order valence-corrected chi connectivity index (χ2v) is 5.45. The number of aromatic nitrogens is 2. The van der Waals surface area contributed by atoms with E-state index >= 15 is 0 Å². The normalized spacial score (nSPS) is 10.8. The molecule has 0 aliphatic rings. The highest BCUT2D eigenvalue weighted by Gasteiger charge is 2.20. The maximum absolute atomic E-state index is 13.0. The number of rotatable bonds is 4. The maximum Gasteiger partial charge on any atom is 0.360 e. The summed E-state index contributed by atoms with van der Waals surface area (Å²) in [5.74, 6) is -1.52. The first-order valence-electron chi connectivity index (χ1n) is 7.47. The third-order valence-corrected chi connectivity index (χ3v) is 3.80. The highest BCUT2D eigenvalue weighted by molar-refractivity contribution is 5.98. The lowest BCUT2D eigenvalue weighted by atomic mass is 10.0. The summed E-state index contributed by atoms with van der Waals surface area (Å²) in [5.41, 5.74) is 1.75. The van der Waals surface area contributed by atoms with Crippen LogP contribution in [0.4, 0.5) is 4.39 Å². The minimum absolute atomic E-state index is 0.155. The second kappa shape index (κ2) is 6.82. The quantitative estimate of drug-likeness (QED) is 0.707. The van der Waals surface area contributed by atoms with Crippen LogP contribution in [0.15, 0.2) is 36.5 Å². The van der Waals surface area contributed by atoms with Gasteiger partial charge in [-0.1, -0.05) is 12.1 Å². The summed E-state index contributed by atoms with van der Waals surface area (Å²) >= 11 is 0. The molecule has 7 heteroatoms. The first kappa shape index (κ1) is 16.8. The Balaban J connectivity index is 2.07. The van der Waals surface area contributed by atoms with Crippen molar-refractivity contribution >= 4 is 16.9 Å². The Morgan fingerprint density at radius 2 is 1.96 bits per heavy atom. The van der Waals surface area contributed by atoms with Crippen LogP contribution in [0.25, 0.3) is 10.9 Å². The van der Waals surface area contributed by atoms with Crippen molar-refractivity contribution in [3.8, 4) is 5.75 Å². The molecule has 3 rings (SSSR count). The summed E-state index contributed by atoms with van der Waals surface area (Å²) in [4.78, 5) is 19.9. The van der Waals surface area contributed by atoms with Crippen molar-refractivity contribution < 1.29 is 24.1 Å². The number of methoxy groups -OCH3 is 1. The molecule has 0 spiro atoms. The van der Waals surface area contributed by atoms with Gasteiger partial charge in [0.05, 0.1) is 19.4 Å². The summed E-state index contributed by atoms with van der Waals surface area (Å²) in [7, 11) is 1.17. The maximum atomic E-state index is 13.0. The summed E-state index contributed by atoms with van der Waals surface area (Å²) < 4.78 is 17.6. The van der Waals surface area contributed by atoms with E-state index < -0.39 is 18.3 Å². The van der Waals surface area contributed by atoms with Crippen LogP contribution in [0.1, 0.15) is 27.3 Å². The molecule has 0 saturated carbocycles. The smallest absolute Gasteiger partial charge is 0.360 e. The van der Waals surface area contributed by atoms with E-state index in [-0.39, 0.29) is 22.7 Å². The highest BCUT2D eigenvalue weighted by atomic mass is 19.1. The number of benzene rings is 1. The molecule has 0 amide bonds. The topological polar surface area (TPSA) is 92.5 Å². The number of aromatic hydroxyl groups is 1. The highest BCUT2D eigenvalue weighted by Crippen LogP contribution is 2.29. The van der Waals surface area contributed by atoms with E-state index in [1.54, 1.807) is 24.4 Å². The zero-order valence-electron chi connectivity index (χ0n) is 13.4. The molecule has 0 aliphatic heterocycles. The van der Waals surface area contributed by atoms with Crippen molar-refractivity contribution in [3.63, 3.8) is 0 Å². The molecule has 0 atom stereocenters. The third-order valence-electron chi connectivity index (χ3n) is 3.80. The van der Waals surface area contributed by atoms with Gasteiger partial charge in [-0.05, 0) is 35.7 Å². The second-order valence-electron chi connectivity index (χ2n) is 5.45. The van der Waals surface area contributed by atoms with E-state index in [0.29, 0.717) is 11.8 Å². The molecular formula is C18H15FN2O4. The number of pyridine rings is 2. The van der Waals surface area contributed by atoms with Crippen molar-refractivity contribution in [3.05, 3.63) is 64.9 Å². The van der Waals surface area contributed by atoms with Crippen LogP contribution in [0.3, 0.4) is 0 Å². The number of esters is 1. The molecule has 0 fully saturated rings. The van der Waals surface area contributed by atoms with Gasteiger partial charge in [0, 0.05) is 11.6 Å². The number of nitrogens with zero attached hydrogens (tertiary/aromatic N) is 2. The molecule has 0 bridgehead atoms. The zero-order valence-corrected chi connectivity index (χ0v) is 13.4. The third kappa shape index (κ3) is 3.27. The summed E-state index contributed by atoms with van der Waals surface area (Å²) in [6, 6.07) is 7.81. The van der Waals surface area contributed by atoms with Crippen LogP contribution in [0, 0.1) is 5.82 Å². The van der Waals surface area contributed by atoms with E-state index in [4.69, 9.17) is 0 Å². The molecule has 2 aromatic heterocycles. The van der Waals surface area contributed by atoms with Gasteiger partial charge in [0.15, 0.2) is 11.4 Å². The SMILES string of the molecule is COC(=O)c1nc(CO)c2cc(Cc3ccc(F)cc3)cnc2c1O. The van der Waals surface area contributed by atoms with Crippen molar-refractivity contribution in [1.82, 2.24) is 9.97 Å². The van der Waals surface area contributed by atoms with Crippen molar-refractivity contribution in [2.24, 2.45) is 0 Å². The molecule has 0 saturated heterocycles. The molecule has 0 unspecified atom stereocenters. The van der Waals surface area contributed by atoms with Crippen LogP contribution in [-0.2, 0) is 17.8 Å². The predicted molar refractivity (Wildman–Crippen MR) is 87.7 cm³/mol. The fraction of sp³-hybridized carbons (Fsp3) is 0.167. The molecule has 2 heterocycles. The molecule has 1 aromatic carbocycles. The van der Waals surface area contributed by atoms with Gasteiger partial charge in [0.2, 0.25) is 0 Å². The molecular weight excluding hydrogens is 327 g/mol. The van der Waals surface area contributed by atoms with E-state index in [0.717, 1.165) is 11.1 Å². The molecule has 0 aliphatic carbocycles. The number of hydrogen-bond donors (Lipinski definition) is 2. The van der Waals surface area contributed by atoms with Crippen LogP contribution in [-0.4, -0.2) is 33.3 Å². The summed E-state index contributed by atoms with van der Waals surface area (Å²) in [5, 5.41) is 20.2. The van der Waals surface area contributed by atoms with Gasteiger partial charge in [-0.15, -0.1) is 0 Å². The van der Waals surface area contributed by atoms with Gasteiger partial charge in [-0.25, -0.2) is 14.2 Å². The molecule has 6 nitrogen and oxygen atoms in total. The van der Waals surface area contributed by atoms with E-state index in [2.05, 4.69) is 14.7 Å². The van der Waals surface area contributed by atoms with Gasteiger partial charge in [0.25, 0.3) is 0 Å². The average Bonchev–Trinajstić information content (AvgIpc) is 2.63. The van der Waals surface area contributed by atoms with Crippen LogP contribution < -0.4 is 0 Å². The zero-order chi connectivity index (χ0) is 18.0. The Kier molecular flexibility index (Phi) is 4.58. The van der Waals surface area contributed by atoms with Gasteiger partial charge in [-0.2, -0.15) is 0 Å². The number of aliphatic hydroxyl groups excluding tert-OH is 1. The molecule has 128 valence electrons. The molecule has 0 radical (unpaired) electrons. The number of carbonyl (C=O) groups is 1. The van der Waals surface area contributed by atoms with Crippen molar-refractivity contribution in [2.45, 2.75) is 13.0 Å². The Morgan fingerprint density at radius 1 is 1.24 bits per heavy atom. The largest absolute Gasteiger partial charge is 0.504 e. The lowest BCUT2D eigenvalue weighted by molar-refractivity contribution is 0.0590. The summed E-state index contributed by atoms with van der Waals surface area (Å²) in [6.45, 7) is -0.428. The Labute approximate surface area is 142 Å². The van der Waals surface area contributed by atoms with Gasteiger partial charge >= 0.3 is 5.97 Å². The Morgan fingerprint density at radius 3 is 2.60 bits per heavy atom. The van der Waals surface area contributed by atoms with Crippen molar-refractivity contribution in [2.75, 3.05) is 7.11 Å². The standard InChI is InChI=1S/C18H15FN2O4/c1-25-18(24)16-17(23)15-13(14(9-22)21-16)7-11(8-20-15)6-10-2-4-12(19)5-3-10/h2-5,7-8,22-23H,6,9H2,1H3. The van der Waals surface area contributed by atoms with Crippen molar-refractivity contribution in [1.29, 1.82) is 0 Å². The number of fused-ring (bicyclic) bond motifs is 1. The van der Waals surface area contributed by atoms with Gasteiger partial charge in [0.1, 0.15) is 11.3 Å². The average molecular weight is 342 g/mol. The van der Waals surface area contributed by atoms with Gasteiger partial charge < -0.3 is 14.9 Å². The van der Waals surface area contributed by atoms with Crippen LogP contribution in [0.2, 0.25) is 0 Å². The number of ether oxygens (including phenoxy) is 1. The predicted octanol–water partition coefficient (Wildman–Crippen LogP) is 2.34. The Bertz CT molecular complexity index is 942. The lowest BCUT2D eigenvalue weighted by Gasteiger charge is -2.10. The van der Waals surface area contributed by atoms with E-state index in [1.165, 1.54) is 19.2 Å². The number of hydrogen-bond acceptors (Lipinski definition) is 6. The van der Waals surface area contributed by atoms with E-state index in [1.807, 2.05) is 0 Å². The van der Waals surface area contributed by atoms with Gasteiger partial charge in [-0.3, -0.25) is 4.98 Å². The first-order valence-corrected chi connectivity index (χ1v) is 7.47.